The van der Waals surface area contributed by atoms with Gasteiger partial charge in [0.05, 0.1) is 0 Å². The van der Waals surface area contributed by atoms with Crippen molar-refractivity contribution in [1.82, 2.24) is 0 Å². The normalized spacial score (nSPS) is 16.8. The van der Waals surface area contributed by atoms with Crippen LogP contribution in [-0.2, 0) is 6.42 Å². The Morgan fingerprint density at radius 2 is 2.15 bits per heavy atom. The molecule has 0 aromatic heterocycles. The highest BCUT2D eigenvalue weighted by Crippen LogP contribution is 2.33. The number of hydrogen-bond donors (Lipinski definition) is 1. The second-order valence-electron chi connectivity index (χ2n) is 5.03. The lowest BCUT2D eigenvalue weighted by Crippen LogP contribution is -2.15. The first-order valence-electron chi connectivity index (χ1n) is 6.56. The molecule has 2 aromatic carbocycles. The number of thioether (sulfide) groups is 1. The zero-order chi connectivity index (χ0) is 14.1. The maximum absolute atomic E-state index is 13.2. The standard InChI is InChI=1S/C16H16FNOS/c1-10-6-13(18)3-5-16(10)20-9-14-8-11-7-12(17)2-4-15(11)19-14/h2-7,14H,8-9,18H2,1H3. The maximum Gasteiger partial charge on any atom is 0.123 e. The molecule has 1 unspecified atom stereocenters. The molecule has 104 valence electrons. The van der Waals surface area contributed by atoms with E-state index in [1.807, 2.05) is 18.2 Å². The van der Waals surface area contributed by atoms with Crippen LogP contribution in [0.5, 0.6) is 5.75 Å². The minimum Gasteiger partial charge on any atom is -0.489 e. The Hall–Kier alpha value is -1.68. The van der Waals surface area contributed by atoms with Gasteiger partial charge in [-0.1, -0.05) is 0 Å². The van der Waals surface area contributed by atoms with Crippen molar-refractivity contribution >= 4 is 17.4 Å². The van der Waals surface area contributed by atoms with E-state index in [1.54, 1.807) is 23.9 Å². The average Bonchev–Trinajstić information content (AvgIpc) is 2.79. The predicted octanol–water partition coefficient (Wildman–Crippen LogP) is 3.81. The number of halogens is 1. The highest BCUT2D eigenvalue weighted by atomic mass is 32.2. The molecule has 0 spiro atoms. The Morgan fingerprint density at radius 1 is 1.30 bits per heavy atom. The molecule has 0 radical (unpaired) electrons. The molecule has 20 heavy (non-hydrogen) atoms. The van der Waals surface area contributed by atoms with Crippen LogP contribution in [0.15, 0.2) is 41.3 Å². The van der Waals surface area contributed by atoms with Crippen LogP contribution < -0.4 is 10.5 Å². The van der Waals surface area contributed by atoms with E-state index in [2.05, 4.69) is 6.92 Å². The highest BCUT2D eigenvalue weighted by molar-refractivity contribution is 7.99. The highest BCUT2D eigenvalue weighted by Gasteiger charge is 2.23. The van der Waals surface area contributed by atoms with Crippen molar-refractivity contribution in [3.8, 4) is 5.75 Å². The molecule has 0 saturated carbocycles. The van der Waals surface area contributed by atoms with E-state index in [-0.39, 0.29) is 11.9 Å². The number of benzene rings is 2. The van der Waals surface area contributed by atoms with E-state index >= 15 is 0 Å². The number of fused-ring (bicyclic) bond motifs is 1. The lowest BCUT2D eigenvalue weighted by molar-refractivity contribution is 0.259. The van der Waals surface area contributed by atoms with E-state index in [1.165, 1.54) is 16.5 Å². The molecule has 0 saturated heterocycles. The SMILES string of the molecule is Cc1cc(N)ccc1SCC1Cc2cc(F)ccc2O1. The van der Waals surface area contributed by atoms with Crippen LogP contribution >= 0.6 is 11.8 Å². The molecule has 2 N–H and O–H groups in total. The van der Waals surface area contributed by atoms with Gasteiger partial charge in [0.2, 0.25) is 0 Å². The maximum atomic E-state index is 13.2. The number of hydrogen-bond acceptors (Lipinski definition) is 3. The third-order valence-corrected chi connectivity index (χ3v) is 4.69. The van der Waals surface area contributed by atoms with E-state index in [9.17, 15) is 4.39 Å². The molecule has 1 atom stereocenters. The number of aryl methyl sites for hydroxylation is 1. The topological polar surface area (TPSA) is 35.2 Å². The zero-order valence-corrected chi connectivity index (χ0v) is 12.0. The van der Waals surface area contributed by atoms with Gasteiger partial charge in [-0.3, -0.25) is 0 Å². The van der Waals surface area contributed by atoms with Crippen molar-refractivity contribution in [3.05, 3.63) is 53.3 Å². The molecular formula is C16H16FNOS. The van der Waals surface area contributed by atoms with Gasteiger partial charge in [-0.25, -0.2) is 4.39 Å². The summed E-state index contributed by atoms with van der Waals surface area (Å²) in [5, 5.41) is 0. The van der Waals surface area contributed by atoms with Gasteiger partial charge in [0.1, 0.15) is 17.7 Å². The summed E-state index contributed by atoms with van der Waals surface area (Å²) >= 11 is 1.75. The van der Waals surface area contributed by atoms with Crippen LogP contribution in [0.3, 0.4) is 0 Å². The first-order chi connectivity index (χ1) is 9.61. The van der Waals surface area contributed by atoms with Gasteiger partial charge in [-0.2, -0.15) is 0 Å². The molecule has 2 nitrogen and oxygen atoms in total. The second kappa shape index (κ2) is 5.37. The van der Waals surface area contributed by atoms with Crippen molar-refractivity contribution in [2.45, 2.75) is 24.3 Å². The minimum absolute atomic E-state index is 0.105. The summed E-state index contributed by atoms with van der Waals surface area (Å²) in [5.74, 6) is 1.46. The fourth-order valence-corrected chi connectivity index (χ4v) is 3.40. The predicted molar refractivity (Wildman–Crippen MR) is 80.8 cm³/mol. The summed E-state index contributed by atoms with van der Waals surface area (Å²) < 4.78 is 19.0. The quantitative estimate of drug-likeness (QED) is 0.689. The fraction of sp³-hybridized carbons (Fsp3) is 0.250. The Bertz CT molecular complexity index is 644. The molecule has 4 heteroatoms. The molecular weight excluding hydrogens is 273 g/mol. The molecule has 0 bridgehead atoms. The molecule has 0 fully saturated rings. The summed E-state index contributed by atoms with van der Waals surface area (Å²) in [4.78, 5) is 1.21. The van der Waals surface area contributed by atoms with Crippen LogP contribution in [0.25, 0.3) is 0 Å². The van der Waals surface area contributed by atoms with Crippen LogP contribution in [-0.4, -0.2) is 11.9 Å². The van der Waals surface area contributed by atoms with Gasteiger partial charge >= 0.3 is 0 Å². The monoisotopic (exact) mass is 289 g/mol. The Balaban J connectivity index is 1.63. The molecule has 0 aliphatic carbocycles. The van der Waals surface area contributed by atoms with Crippen LogP contribution in [0.2, 0.25) is 0 Å². The van der Waals surface area contributed by atoms with Gasteiger partial charge in [0, 0.05) is 28.3 Å². The molecule has 1 aliphatic heterocycles. The van der Waals surface area contributed by atoms with Gasteiger partial charge in [0.15, 0.2) is 0 Å². The molecule has 0 amide bonds. The summed E-state index contributed by atoms with van der Waals surface area (Å²) in [6.45, 7) is 2.05. The molecule has 3 rings (SSSR count). The lowest BCUT2D eigenvalue weighted by atomic mass is 10.1. The summed E-state index contributed by atoms with van der Waals surface area (Å²) in [7, 11) is 0. The lowest BCUT2D eigenvalue weighted by Gasteiger charge is -2.11. The number of nitrogens with two attached hydrogens (primary N) is 1. The zero-order valence-electron chi connectivity index (χ0n) is 11.2. The number of ether oxygens (including phenoxy) is 1. The van der Waals surface area contributed by atoms with Crippen molar-refractivity contribution < 1.29 is 9.13 Å². The second-order valence-corrected chi connectivity index (χ2v) is 6.09. The Morgan fingerprint density at radius 3 is 2.95 bits per heavy atom. The van der Waals surface area contributed by atoms with Gasteiger partial charge in [0.25, 0.3) is 0 Å². The minimum atomic E-state index is -0.199. The van der Waals surface area contributed by atoms with Crippen LogP contribution in [0.1, 0.15) is 11.1 Å². The third-order valence-electron chi connectivity index (χ3n) is 3.39. The molecule has 1 aliphatic rings. The van der Waals surface area contributed by atoms with Gasteiger partial charge < -0.3 is 10.5 Å². The van der Waals surface area contributed by atoms with Gasteiger partial charge in [-0.15, -0.1) is 11.8 Å². The smallest absolute Gasteiger partial charge is 0.123 e. The Labute approximate surface area is 122 Å². The van der Waals surface area contributed by atoms with Crippen molar-refractivity contribution in [2.75, 3.05) is 11.5 Å². The number of rotatable bonds is 3. The van der Waals surface area contributed by atoms with Crippen molar-refractivity contribution in [2.24, 2.45) is 0 Å². The fourth-order valence-electron chi connectivity index (χ4n) is 2.40. The van der Waals surface area contributed by atoms with Crippen molar-refractivity contribution in [3.63, 3.8) is 0 Å². The van der Waals surface area contributed by atoms with E-state index in [0.29, 0.717) is 0 Å². The largest absolute Gasteiger partial charge is 0.489 e. The number of anilines is 1. The van der Waals surface area contributed by atoms with Crippen molar-refractivity contribution in [1.29, 1.82) is 0 Å². The summed E-state index contributed by atoms with van der Waals surface area (Å²) in [6.07, 6.45) is 0.877. The van der Waals surface area contributed by atoms with Crippen LogP contribution in [0, 0.1) is 12.7 Å². The summed E-state index contributed by atoms with van der Waals surface area (Å²) in [5.41, 5.74) is 8.67. The Kier molecular flexibility index (Phi) is 3.57. The number of nitrogen functional groups attached to an aromatic ring is 1. The third kappa shape index (κ3) is 2.75. The molecule has 2 aromatic rings. The van der Waals surface area contributed by atoms with Crippen LogP contribution in [0.4, 0.5) is 10.1 Å². The first kappa shape index (κ1) is 13.3. The first-order valence-corrected chi connectivity index (χ1v) is 7.54. The van der Waals surface area contributed by atoms with E-state index in [0.717, 1.165) is 29.2 Å². The average molecular weight is 289 g/mol. The van der Waals surface area contributed by atoms with Gasteiger partial charge in [-0.05, 0) is 48.9 Å². The van der Waals surface area contributed by atoms with E-state index in [4.69, 9.17) is 10.5 Å². The van der Waals surface area contributed by atoms with E-state index < -0.39 is 0 Å². The molecule has 1 heterocycles. The summed E-state index contributed by atoms with van der Waals surface area (Å²) in [6, 6.07) is 10.6.